The molecule has 1 aromatic carbocycles. The summed E-state index contributed by atoms with van der Waals surface area (Å²) in [6.45, 7) is 0.368. The van der Waals surface area contributed by atoms with Gasteiger partial charge in [-0.2, -0.15) is 0 Å². The molecule has 106 valence electrons. The van der Waals surface area contributed by atoms with Gasteiger partial charge in [-0.05, 0) is 34.1 Å². The maximum absolute atomic E-state index is 11.2. The molecular formula is C13H18Br2NO3+. The third-order valence-electron chi connectivity index (χ3n) is 2.76. The fourth-order valence-electron chi connectivity index (χ4n) is 1.71. The van der Waals surface area contributed by atoms with E-state index in [-0.39, 0.29) is 0 Å². The standard InChI is InChI=1S/C13H17Br2NO3/c1-16(2,3)11(13(17)18)6-7-19-12-5-4-9(14)8-10(12)15/h4-5,8,11H,6-7H2,1-3H3/p+1/t11-/m1/s1. The molecule has 1 aromatic rings. The summed E-state index contributed by atoms with van der Waals surface area (Å²) in [6.07, 6.45) is 0.460. The van der Waals surface area contributed by atoms with E-state index in [4.69, 9.17) is 4.74 Å². The van der Waals surface area contributed by atoms with Gasteiger partial charge in [-0.3, -0.25) is 0 Å². The molecule has 0 aliphatic rings. The predicted octanol–water partition coefficient (Wildman–Crippen LogP) is 3.14. The Hall–Kier alpha value is -0.590. The van der Waals surface area contributed by atoms with Crippen molar-refractivity contribution in [2.24, 2.45) is 0 Å². The Kier molecular flexibility index (Phi) is 5.82. The number of carboxylic acid groups (broad SMARTS) is 1. The smallest absolute Gasteiger partial charge is 0.362 e. The van der Waals surface area contributed by atoms with E-state index < -0.39 is 12.0 Å². The molecule has 0 spiro atoms. The largest absolute Gasteiger partial charge is 0.492 e. The van der Waals surface area contributed by atoms with Gasteiger partial charge in [0.1, 0.15) is 5.75 Å². The van der Waals surface area contributed by atoms with Crippen molar-refractivity contribution in [2.75, 3.05) is 27.7 Å². The van der Waals surface area contributed by atoms with E-state index >= 15 is 0 Å². The Balaban J connectivity index is 2.60. The number of aliphatic carboxylic acids is 1. The predicted molar refractivity (Wildman–Crippen MR) is 81.4 cm³/mol. The average molecular weight is 396 g/mol. The first-order chi connectivity index (χ1) is 8.71. The molecule has 6 heteroatoms. The van der Waals surface area contributed by atoms with Crippen LogP contribution in [-0.2, 0) is 4.79 Å². The number of nitrogens with zero attached hydrogens (tertiary/aromatic N) is 1. The van der Waals surface area contributed by atoms with Crippen LogP contribution >= 0.6 is 31.9 Å². The van der Waals surface area contributed by atoms with E-state index in [1.165, 1.54) is 0 Å². The number of quaternary nitrogens is 1. The average Bonchev–Trinajstić information content (AvgIpc) is 2.24. The summed E-state index contributed by atoms with van der Waals surface area (Å²) in [4.78, 5) is 11.2. The van der Waals surface area contributed by atoms with E-state index in [2.05, 4.69) is 31.9 Å². The van der Waals surface area contributed by atoms with Crippen molar-refractivity contribution < 1.29 is 19.1 Å². The number of likely N-dealkylation sites (N-methyl/N-ethyl adjacent to an activating group) is 1. The third-order valence-corrected chi connectivity index (χ3v) is 3.88. The molecule has 0 saturated heterocycles. The number of carboxylic acids is 1. The zero-order valence-corrected chi connectivity index (χ0v) is 14.4. The highest BCUT2D eigenvalue weighted by atomic mass is 79.9. The van der Waals surface area contributed by atoms with Crippen LogP contribution in [0.4, 0.5) is 0 Å². The Morgan fingerprint density at radius 2 is 2.00 bits per heavy atom. The van der Waals surface area contributed by atoms with Gasteiger partial charge in [-0.25, -0.2) is 4.79 Å². The molecule has 0 aliphatic carbocycles. The summed E-state index contributed by atoms with van der Waals surface area (Å²) in [5, 5.41) is 9.21. The Morgan fingerprint density at radius 1 is 1.37 bits per heavy atom. The molecule has 0 fully saturated rings. The molecule has 0 unspecified atom stereocenters. The van der Waals surface area contributed by atoms with Crippen molar-refractivity contribution in [1.29, 1.82) is 0 Å². The maximum atomic E-state index is 11.2. The molecule has 1 N–H and O–H groups in total. The minimum absolute atomic E-state index is 0.368. The first-order valence-corrected chi connectivity index (χ1v) is 7.42. The van der Waals surface area contributed by atoms with E-state index in [9.17, 15) is 9.90 Å². The molecule has 1 atom stereocenters. The second kappa shape index (κ2) is 6.72. The normalized spacial score (nSPS) is 13.1. The fraction of sp³-hybridized carbons (Fsp3) is 0.462. The van der Waals surface area contributed by atoms with Crippen molar-refractivity contribution in [3.8, 4) is 5.75 Å². The van der Waals surface area contributed by atoms with Crippen molar-refractivity contribution in [3.05, 3.63) is 27.1 Å². The minimum atomic E-state index is -0.800. The monoisotopic (exact) mass is 394 g/mol. The summed E-state index contributed by atoms with van der Waals surface area (Å²) in [5.41, 5.74) is 0. The first-order valence-electron chi connectivity index (χ1n) is 5.83. The maximum Gasteiger partial charge on any atom is 0.362 e. The summed E-state index contributed by atoms with van der Waals surface area (Å²) in [7, 11) is 5.61. The molecule has 1 rings (SSSR count). The van der Waals surface area contributed by atoms with Crippen LogP contribution in [0.25, 0.3) is 0 Å². The second-order valence-electron chi connectivity index (χ2n) is 5.18. The molecule has 0 aliphatic heterocycles. The van der Waals surface area contributed by atoms with Gasteiger partial charge in [0.25, 0.3) is 0 Å². The van der Waals surface area contributed by atoms with Crippen LogP contribution in [0, 0.1) is 0 Å². The topological polar surface area (TPSA) is 46.5 Å². The summed E-state index contributed by atoms with van der Waals surface area (Å²) >= 11 is 6.77. The molecule has 19 heavy (non-hydrogen) atoms. The number of halogens is 2. The van der Waals surface area contributed by atoms with Gasteiger partial charge >= 0.3 is 5.97 Å². The highest BCUT2D eigenvalue weighted by Crippen LogP contribution is 2.28. The Labute approximate surface area is 130 Å². The highest BCUT2D eigenvalue weighted by Gasteiger charge is 2.31. The molecule has 0 heterocycles. The minimum Gasteiger partial charge on any atom is -0.492 e. The number of carbonyl (C=O) groups is 1. The van der Waals surface area contributed by atoms with Crippen molar-refractivity contribution in [2.45, 2.75) is 12.5 Å². The number of ether oxygens (including phenoxy) is 1. The zero-order valence-electron chi connectivity index (χ0n) is 11.2. The van der Waals surface area contributed by atoms with Gasteiger partial charge in [-0.15, -0.1) is 0 Å². The van der Waals surface area contributed by atoms with Crippen LogP contribution in [0.5, 0.6) is 5.75 Å². The van der Waals surface area contributed by atoms with Crippen LogP contribution in [0.1, 0.15) is 6.42 Å². The van der Waals surface area contributed by atoms with Gasteiger partial charge in [0.15, 0.2) is 6.04 Å². The molecule has 0 saturated carbocycles. The van der Waals surface area contributed by atoms with Crippen LogP contribution < -0.4 is 4.74 Å². The van der Waals surface area contributed by atoms with E-state index in [0.717, 1.165) is 8.95 Å². The summed E-state index contributed by atoms with van der Waals surface area (Å²) in [6, 6.07) is 5.14. The van der Waals surface area contributed by atoms with Gasteiger partial charge in [0.05, 0.1) is 32.2 Å². The number of hydrogen-bond acceptors (Lipinski definition) is 2. The summed E-state index contributed by atoms with van der Waals surface area (Å²) in [5.74, 6) is -0.0836. The molecular weight excluding hydrogens is 378 g/mol. The first kappa shape index (κ1) is 16.5. The van der Waals surface area contributed by atoms with Crippen LogP contribution in [0.2, 0.25) is 0 Å². The lowest BCUT2D eigenvalue weighted by Crippen LogP contribution is -2.50. The molecule has 4 nitrogen and oxygen atoms in total. The lowest BCUT2D eigenvalue weighted by molar-refractivity contribution is -0.887. The second-order valence-corrected chi connectivity index (χ2v) is 6.95. The summed E-state index contributed by atoms with van der Waals surface area (Å²) < 4.78 is 7.81. The van der Waals surface area contributed by atoms with Gasteiger partial charge in [0, 0.05) is 10.9 Å². The number of hydrogen-bond donors (Lipinski definition) is 1. The van der Waals surface area contributed by atoms with Crippen LogP contribution in [0.15, 0.2) is 27.1 Å². The molecule has 0 radical (unpaired) electrons. The van der Waals surface area contributed by atoms with E-state index in [0.29, 0.717) is 23.3 Å². The Morgan fingerprint density at radius 3 is 2.47 bits per heavy atom. The lowest BCUT2D eigenvalue weighted by atomic mass is 10.1. The zero-order chi connectivity index (χ0) is 14.6. The molecule has 0 aromatic heterocycles. The SMILES string of the molecule is C[N+](C)(C)[C@H](CCOc1ccc(Br)cc1Br)C(=O)O. The van der Waals surface area contributed by atoms with Crippen LogP contribution in [0.3, 0.4) is 0 Å². The third kappa shape index (κ3) is 5.12. The van der Waals surface area contributed by atoms with Gasteiger partial charge in [0.2, 0.25) is 0 Å². The van der Waals surface area contributed by atoms with Crippen molar-refractivity contribution in [3.63, 3.8) is 0 Å². The van der Waals surface area contributed by atoms with Crippen LogP contribution in [-0.4, -0.2) is 49.4 Å². The van der Waals surface area contributed by atoms with Crippen molar-refractivity contribution >= 4 is 37.8 Å². The Bertz CT molecular complexity index is 458. The molecule has 0 amide bonds. The van der Waals surface area contributed by atoms with E-state index in [1.54, 1.807) is 0 Å². The van der Waals surface area contributed by atoms with E-state index in [1.807, 2.05) is 39.3 Å². The van der Waals surface area contributed by atoms with Gasteiger partial charge in [-0.1, -0.05) is 15.9 Å². The van der Waals surface area contributed by atoms with Gasteiger partial charge < -0.3 is 14.3 Å². The molecule has 0 bridgehead atoms. The fourth-order valence-corrected chi connectivity index (χ4v) is 2.88. The highest BCUT2D eigenvalue weighted by molar-refractivity contribution is 9.11. The lowest BCUT2D eigenvalue weighted by Gasteiger charge is -2.31. The number of rotatable bonds is 6. The number of benzene rings is 1. The quantitative estimate of drug-likeness (QED) is 0.752. The van der Waals surface area contributed by atoms with Crippen molar-refractivity contribution in [1.82, 2.24) is 0 Å².